The minimum absolute atomic E-state index is 0.261. The van der Waals surface area contributed by atoms with Crippen molar-refractivity contribution in [3.8, 4) is 0 Å². The van der Waals surface area contributed by atoms with Crippen LogP contribution in [0.25, 0.3) is 0 Å². The average Bonchev–Trinajstić information content (AvgIpc) is 2.28. The predicted octanol–water partition coefficient (Wildman–Crippen LogP) is 2.85. The number of carbonyl (C=O) groups is 1. The number of aliphatic carboxylic acids is 1. The van der Waals surface area contributed by atoms with Crippen LogP contribution < -0.4 is 0 Å². The molecule has 0 aromatic rings. The molecule has 0 radical (unpaired) electrons. The van der Waals surface area contributed by atoms with Crippen LogP contribution in [0.5, 0.6) is 0 Å². The third-order valence-electron chi connectivity index (χ3n) is 4.29. The third kappa shape index (κ3) is 4.30. The van der Waals surface area contributed by atoms with Crippen molar-refractivity contribution in [3.63, 3.8) is 0 Å². The lowest BCUT2D eigenvalue weighted by Gasteiger charge is -2.36. The molecule has 0 saturated heterocycles. The summed E-state index contributed by atoms with van der Waals surface area (Å²) in [5.74, 6) is 0.714. The van der Waals surface area contributed by atoms with Crippen LogP contribution in [0.3, 0.4) is 0 Å². The van der Waals surface area contributed by atoms with E-state index >= 15 is 0 Å². The first-order chi connectivity index (χ1) is 7.91. The van der Waals surface area contributed by atoms with Gasteiger partial charge in [0.25, 0.3) is 0 Å². The Balaban J connectivity index is 2.35. The fraction of sp³-hybridized carbons (Fsp3) is 0.929. The zero-order valence-corrected chi connectivity index (χ0v) is 11.6. The first-order valence-electron chi connectivity index (χ1n) is 6.84. The molecule has 3 heteroatoms. The summed E-state index contributed by atoms with van der Waals surface area (Å²) in [6.45, 7) is 7.08. The van der Waals surface area contributed by atoms with Crippen molar-refractivity contribution in [1.82, 2.24) is 4.90 Å². The second-order valence-electron chi connectivity index (χ2n) is 5.99. The molecule has 1 atom stereocenters. The smallest absolute Gasteiger partial charge is 0.307 e. The van der Waals surface area contributed by atoms with Gasteiger partial charge < -0.3 is 10.0 Å². The minimum atomic E-state index is -0.687. The molecule has 0 bridgehead atoms. The van der Waals surface area contributed by atoms with Crippen molar-refractivity contribution in [3.05, 3.63) is 0 Å². The molecular formula is C14H27NO2. The standard InChI is InChI=1S/C14H27NO2/c1-10(2)12-5-7-13(8-6-12)15(4)9-11(3)14(16)17/h10-13H,5-9H2,1-4H3,(H,16,17). The van der Waals surface area contributed by atoms with E-state index in [2.05, 4.69) is 25.8 Å². The van der Waals surface area contributed by atoms with Gasteiger partial charge in [-0.2, -0.15) is 0 Å². The number of nitrogens with zero attached hydrogens (tertiary/aromatic N) is 1. The molecule has 0 spiro atoms. The van der Waals surface area contributed by atoms with Crippen LogP contribution in [-0.2, 0) is 4.79 Å². The van der Waals surface area contributed by atoms with E-state index in [0.717, 1.165) is 11.8 Å². The first-order valence-corrected chi connectivity index (χ1v) is 6.84. The van der Waals surface area contributed by atoms with Gasteiger partial charge >= 0.3 is 5.97 Å². The van der Waals surface area contributed by atoms with Crippen molar-refractivity contribution in [2.24, 2.45) is 17.8 Å². The molecular weight excluding hydrogens is 214 g/mol. The van der Waals surface area contributed by atoms with E-state index in [-0.39, 0.29) is 5.92 Å². The number of carboxylic acid groups (broad SMARTS) is 1. The van der Waals surface area contributed by atoms with Crippen LogP contribution in [0.2, 0.25) is 0 Å². The maximum absolute atomic E-state index is 10.8. The topological polar surface area (TPSA) is 40.5 Å². The van der Waals surface area contributed by atoms with Crippen molar-refractivity contribution < 1.29 is 9.90 Å². The van der Waals surface area contributed by atoms with E-state index in [0.29, 0.717) is 12.6 Å². The van der Waals surface area contributed by atoms with Crippen molar-refractivity contribution in [1.29, 1.82) is 0 Å². The lowest BCUT2D eigenvalue weighted by molar-refractivity contribution is -0.141. The molecule has 0 heterocycles. The van der Waals surface area contributed by atoms with Crippen LogP contribution in [-0.4, -0.2) is 35.6 Å². The second-order valence-corrected chi connectivity index (χ2v) is 5.99. The quantitative estimate of drug-likeness (QED) is 0.804. The number of rotatable bonds is 5. The summed E-state index contributed by atoms with van der Waals surface area (Å²) in [5.41, 5.74) is 0. The minimum Gasteiger partial charge on any atom is -0.481 e. The average molecular weight is 241 g/mol. The van der Waals surface area contributed by atoms with Crippen LogP contribution in [0.1, 0.15) is 46.5 Å². The third-order valence-corrected chi connectivity index (χ3v) is 4.29. The van der Waals surface area contributed by atoms with Gasteiger partial charge in [0.1, 0.15) is 0 Å². The molecule has 0 amide bonds. The molecule has 1 aliphatic rings. The van der Waals surface area contributed by atoms with Gasteiger partial charge in [0.05, 0.1) is 5.92 Å². The Morgan fingerprint density at radius 2 is 1.76 bits per heavy atom. The van der Waals surface area contributed by atoms with Crippen LogP contribution in [0.4, 0.5) is 0 Å². The van der Waals surface area contributed by atoms with E-state index in [1.165, 1.54) is 25.7 Å². The number of hydrogen-bond acceptors (Lipinski definition) is 2. The molecule has 0 aliphatic heterocycles. The Bertz CT molecular complexity index is 245. The highest BCUT2D eigenvalue weighted by Gasteiger charge is 2.26. The maximum Gasteiger partial charge on any atom is 0.307 e. The lowest BCUT2D eigenvalue weighted by Crippen LogP contribution is -2.39. The van der Waals surface area contributed by atoms with Gasteiger partial charge in [0.2, 0.25) is 0 Å². The summed E-state index contributed by atoms with van der Waals surface area (Å²) < 4.78 is 0. The molecule has 0 aromatic carbocycles. The number of carboxylic acids is 1. The molecule has 17 heavy (non-hydrogen) atoms. The fourth-order valence-electron chi connectivity index (χ4n) is 2.87. The van der Waals surface area contributed by atoms with Gasteiger partial charge in [-0.15, -0.1) is 0 Å². The molecule has 1 rings (SSSR count). The highest BCUT2D eigenvalue weighted by Crippen LogP contribution is 2.31. The second kappa shape index (κ2) is 6.39. The SMILES string of the molecule is CC(CN(C)C1CCC(C(C)C)CC1)C(=O)O. The van der Waals surface area contributed by atoms with Crippen LogP contribution in [0.15, 0.2) is 0 Å². The maximum atomic E-state index is 10.8. The Morgan fingerprint density at radius 3 is 2.18 bits per heavy atom. The molecule has 1 fully saturated rings. The predicted molar refractivity (Wildman–Crippen MR) is 70.0 cm³/mol. The molecule has 0 aromatic heterocycles. The van der Waals surface area contributed by atoms with Gasteiger partial charge in [0.15, 0.2) is 0 Å². The van der Waals surface area contributed by atoms with Gasteiger partial charge in [0, 0.05) is 12.6 Å². The number of hydrogen-bond donors (Lipinski definition) is 1. The van der Waals surface area contributed by atoms with E-state index in [1.54, 1.807) is 6.92 Å². The zero-order chi connectivity index (χ0) is 13.0. The molecule has 100 valence electrons. The van der Waals surface area contributed by atoms with Gasteiger partial charge in [-0.1, -0.05) is 20.8 Å². The van der Waals surface area contributed by atoms with Crippen molar-refractivity contribution in [2.75, 3.05) is 13.6 Å². The largest absolute Gasteiger partial charge is 0.481 e. The van der Waals surface area contributed by atoms with Crippen molar-refractivity contribution >= 4 is 5.97 Å². The summed E-state index contributed by atoms with van der Waals surface area (Å²) >= 11 is 0. The zero-order valence-electron chi connectivity index (χ0n) is 11.6. The lowest BCUT2D eigenvalue weighted by atomic mass is 9.79. The monoisotopic (exact) mass is 241 g/mol. The van der Waals surface area contributed by atoms with Crippen molar-refractivity contribution in [2.45, 2.75) is 52.5 Å². The Labute approximate surface area is 105 Å². The van der Waals surface area contributed by atoms with Crippen LogP contribution >= 0.6 is 0 Å². The molecule has 1 aliphatic carbocycles. The summed E-state index contributed by atoms with van der Waals surface area (Å²) in [6.07, 6.45) is 5.06. The Morgan fingerprint density at radius 1 is 1.24 bits per heavy atom. The van der Waals surface area contributed by atoms with Gasteiger partial charge in [-0.25, -0.2) is 0 Å². The summed E-state index contributed by atoms with van der Waals surface area (Å²) in [7, 11) is 2.07. The summed E-state index contributed by atoms with van der Waals surface area (Å²) in [4.78, 5) is 13.1. The summed E-state index contributed by atoms with van der Waals surface area (Å²) in [5, 5.41) is 8.92. The normalized spacial score (nSPS) is 27.4. The molecule has 1 unspecified atom stereocenters. The van der Waals surface area contributed by atoms with Gasteiger partial charge in [-0.3, -0.25) is 4.79 Å². The fourth-order valence-corrected chi connectivity index (χ4v) is 2.87. The molecule has 1 N–H and O–H groups in total. The van der Waals surface area contributed by atoms with E-state index < -0.39 is 5.97 Å². The molecule has 1 saturated carbocycles. The van der Waals surface area contributed by atoms with Gasteiger partial charge in [-0.05, 0) is 44.6 Å². The van der Waals surface area contributed by atoms with E-state index in [9.17, 15) is 4.79 Å². The highest BCUT2D eigenvalue weighted by atomic mass is 16.4. The Kier molecular flexibility index (Phi) is 5.44. The summed E-state index contributed by atoms with van der Waals surface area (Å²) in [6, 6.07) is 0.590. The Hall–Kier alpha value is -0.570. The van der Waals surface area contributed by atoms with E-state index in [1.807, 2.05) is 0 Å². The highest BCUT2D eigenvalue weighted by molar-refractivity contribution is 5.69. The molecule has 3 nitrogen and oxygen atoms in total. The van der Waals surface area contributed by atoms with E-state index in [4.69, 9.17) is 5.11 Å². The van der Waals surface area contributed by atoms with Crippen LogP contribution in [0, 0.1) is 17.8 Å². The first kappa shape index (κ1) is 14.5.